The van der Waals surface area contributed by atoms with Crippen molar-refractivity contribution in [2.24, 2.45) is 5.11 Å². The first-order valence-corrected chi connectivity index (χ1v) is 2.78. The molecule has 5 heteroatoms. The lowest BCUT2D eigenvalue weighted by Crippen LogP contribution is -1.74. The van der Waals surface area contributed by atoms with Crippen LogP contribution < -0.4 is 0 Å². The molecule has 1 rings (SSSR count). The Bertz CT molecular complexity index is 320. The number of aromatic hydroxyl groups is 1. The van der Waals surface area contributed by atoms with Crippen LogP contribution in [0.1, 0.15) is 0 Å². The number of phenols is 1. The molecule has 0 saturated carbocycles. The van der Waals surface area contributed by atoms with Crippen LogP contribution in [0.2, 0.25) is 0 Å². The zero-order valence-electron chi connectivity index (χ0n) is 5.40. The second kappa shape index (κ2) is 2.90. The monoisotopic (exact) mass is 153 g/mol. The van der Waals surface area contributed by atoms with Crippen LogP contribution in [-0.2, 0) is 0 Å². The average Bonchev–Trinajstić information content (AvgIpc) is 1.99. The molecule has 1 aromatic carbocycles. The summed E-state index contributed by atoms with van der Waals surface area (Å²) in [5.74, 6) is -1.42. The van der Waals surface area contributed by atoms with Gasteiger partial charge in [-0.05, 0) is 17.7 Å². The van der Waals surface area contributed by atoms with Gasteiger partial charge in [0.05, 0.1) is 5.69 Å². The minimum Gasteiger partial charge on any atom is -0.505 e. The Hall–Kier alpha value is -1.74. The van der Waals surface area contributed by atoms with Crippen LogP contribution in [0.3, 0.4) is 0 Å². The van der Waals surface area contributed by atoms with Gasteiger partial charge in [-0.1, -0.05) is 11.2 Å². The lowest BCUT2D eigenvalue weighted by atomic mass is 10.3. The lowest BCUT2D eigenvalue weighted by molar-refractivity contribution is 0.433. The standard InChI is InChI=1S/C6H4FN3O/c7-6-4(9-10-8)2-1-3-5(6)11/h1-3,11H. The Kier molecular flexibility index (Phi) is 1.94. The first-order chi connectivity index (χ1) is 5.25. The maximum absolute atomic E-state index is 12.7. The number of phenolic OH excluding ortho intramolecular Hbond substituents is 1. The summed E-state index contributed by atoms with van der Waals surface area (Å²) in [6, 6.07) is 3.84. The van der Waals surface area contributed by atoms with Crippen molar-refractivity contribution >= 4 is 5.69 Å². The fraction of sp³-hybridized carbons (Fsp3) is 0. The molecule has 0 bridgehead atoms. The third kappa shape index (κ3) is 1.39. The van der Waals surface area contributed by atoms with Gasteiger partial charge >= 0.3 is 0 Å². The van der Waals surface area contributed by atoms with Crippen molar-refractivity contribution in [2.75, 3.05) is 0 Å². The second-order valence-corrected chi connectivity index (χ2v) is 1.80. The fourth-order valence-electron chi connectivity index (χ4n) is 0.633. The molecule has 0 aliphatic rings. The van der Waals surface area contributed by atoms with E-state index in [4.69, 9.17) is 10.6 Å². The molecule has 0 saturated heterocycles. The number of rotatable bonds is 1. The second-order valence-electron chi connectivity index (χ2n) is 1.80. The summed E-state index contributed by atoms with van der Waals surface area (Å²) < 4.78 is 12.7. The summed E-state index contributed by atoms with van der Waals surface area (Å²) >= 11 is 0. The van der Waals surface area contributed by atoms with Gasteiger partial charge in [0.25, 0.3) is 0 Å². The normalized spacial score (nSPS) is 8.82. The summed E-state index contributed by atoms with van der Waals surface area (Å²) in [7, 11) is 0. The van der Waals surface area contributed by atoms with Crippen molar-refractivity contribution in [2.45, 2.75) is 0 Å². The first-order valence-electron chi connectivity index (χ1n) is 2.78. The van der Waals surface area contributed by atoms with Crippen molar-refractivity contribution in [3.05, 3.63) is 34.5 Å². The Morgan fingerprint density at radius 3 is 2.91 bits per heavy atom. The number of hydrogen-bond donors (Lipinski definition) is 1. The highest BCUT2D eigenvalue weighted by Gasteiger charge is 2.03. The maximum Gasteiger partial charge on any atom is 0.174 e. The van der Waals surface area contributed by atoms with E-state index >= 15 is 0 Å². The molecule has 0 atom stereocenters. The molecule has 0 heterocycles. The molecule has 0 spiro atoms. The van der Waals surface area contributed by atoms with Gasteiger partial charge in [-0.3, -0.25) is 0 Å². The minimum atomic E-state index is -0.898. The molecule has 4 nitrogen and oxygen atoms in total. The summed E-state index contributed by atoms with van der Waals surface area (Å²) in [4.78, 5) is 2.38. The predicted molar refractivity (Wildman–Crippen MR) is 36.9 cm³/mol. The average molecular weight is 153 g/mol. The van der Waals surface area contributed by atoms with E-state index in [1.807, 2.05) is 0 Å². The zero-order valence-corrected chi connectivity index (χ0v) is 5.40. The molecule has 0 aromatic heterocycles. The van der Waals surface area contributed by atoms with Crippen molar-refractivity contribution in [1.82, 2.24) is 0 Å². The van der Waals surface area contributed by atoms with Gasteiger partial charge in [0.15, 0.2) is 11.6 Å². The quantitative estimate of drug-likeness (QED) is 0.375. The van der Waals surface area contributed by atoms with Crippen molar-refractivity contribution in [3.8, 4) is 5.75 Å². The van der Waals surface area contributed by atoms with Gasteiger partial charge in [-0.25, -0.2) is 4.39 Å². The van der Waals surface area contributed by atoms with E-state index < -0.39 is 11.6 Å². The van der Waals surface area contributed by atoms with Crippen LogP contribution >= 0.6 is 0 Å². The minimum absolute atomic E-state index is 0.201. The van der Waals surface area contributed by atoms with E-state index in [1.54, 1.807) is 0 Å². The van der Waals surface area contributed by atoms with Gasteiger partial charge in [0.1, 0.15) is 0 Å². The summed E-state index contributed by atoms with van der Waals surface area (Å²) in [6.07, 6.45) is 0. The fourth-order valence-corrected chi connectivity index (χ4v) is 0.633. The zero-order chi connectivity index (χ0) is 8.27. The third-order valence-corrected chi connectivity index (χ3v) is 1.11. The molecule has 0 fully saturated rings. The van der Waals surface area contributed by atoms with Crippen LogP contribution in [0.25, 0.3) is 10.4 Å². The van der Waals surface area contributed by atoms with E-state index in [2.05, 4.69) is 10.0 Å². The van der Waals surface area contributed by atoms with Crippen LogP contribution in [0.4, 0.5) is 10.1 Å². The first kappa shape index (κ1) is 7.37. The van der Waals surface area contributed by atoms with Crippen LogP contribution in [0.15, 0.2) is 23.3 Å². The Morgan fingerprint density at radius 2 is 2.27 bits per heavy atom. The van der Waals surface area contributed by atoms with Crippen molar-refractivity contribution in [1.29, 1.82) is 0 Å². The van der Waals surface area contributed by atoms with Crippen molar-refractivity contribution < 1.29 is 9.50 Å². The molecule has 1 N–H and O–H groups in total. The molecule has 0 aliphatic carbocycles. The summed E-state index contributed by atoms with van der Waals surface area (Å²) in [6.45, 7) is 0. The molecule has 0 radical (unpaired) electrons. The van der Waals surface area contributed by atoms with Gasteiger partial charge in [0, 0.05) is 4.91 Å². The van der Waals surface area contributed by atoms with Crippen LogP contribution in [0.5, 0.6) is 5.75 Å². The van der Waals surface area contributed by atoms with Gasteiger partial charge in [0.2, 0.25) is 0 Å². The smallest absolute Gasteiger partial charge is 0.174 e. The maximum atomic E-state index is 12.7. The molecular formula is C6H4FN3O. The van der Waals surface area contributed by atoms with Crippen molar-refractivity contribution in [3.63, 3.8) is 0 Å². The molecule has 0 unspecified atom stereocenters. The van der Waals surface area contributed by atoms with E-state index in [0.29, 0.717) is 0 Å². The topological polar surface area (TPSA) is 69.0 Å². The lowest BCUT2D eigenvalue weighted by Gasteiger charge is -1.95. The van der Waals surface area contributed by atoms with E-state index in [1.165, 1.54) is 18.2 Å². The van der Waals surface area contributed by atoms with Gasteiger partial charge < -0.3 is 5.11 Å². The molecule has 1 aromatic rings. The van der Waals surface area contributed by atoms with Crippen LogP contribution in [-0.4, -0.2) is 5.11 Å². The highest BCUT2D eigenvalue weighted by atomic mass is 19.1. The molecule has 56 valence electrons. The Balaban J connectivity index is 3.26. The number of hydrogen-bond acceptors (Lipinski definition) is 2. The molecule has 0 amide bonds. The predicted octanol–water partition coefficient (Wildman–Crippen LogP) is 2.47. The van der Waals surface area contributed by atoms with E-state index in [9.17, 15) is 4.39 Å². The van der Waals surface area contributed by atoms with Gasteiger partial charge in [-0.15, -0.1) is 0 Å². The summed E-state index contributed by atoms with van der Waals surface area (Å²) in [5.41, 5.74) is 7.74. The highest BCUT2D eigenvalue weighted by molar-refractivity contribution is 5.44. The Morgan fingerprint density at radius 1 is 1.55 bits per heavy atom. The number of halogens is 1. The molecule has 11 heavy (non-hydrogen) atoms. The third-order valence-electron chi connectivity index (χ3n) is 1.11. The Labute approximate surface area is 61.5 Å². The van der Waals surface area contributed by atoms with Crippen LogP contribution in [0, 0.1) is 5.82 Å². The largest absolute Gasteiger partial charge is 0.505 e. The van der Waals surface area contributed by atoms with E-state index in [0.717, 1.165) is 0 Å². The SMILES string of the molecule is [N-]=[N+]=Nc1cccc(O)c1F. The van der Waals surface area contributed by atoms with E-state index in [-0.39, 0.29) is 5.69 Å². The highest BCUT2D eigenvalue weighted by Crippen LogP contribution is 2.24. The number of azide groups is 1. The molecule has 0 aliphatic heterocycles. The molecular weight excluding hydrogens is 149 g/mol. The van der Waals surface area contributed by atoms with Gasteiger partial charge in [-0.2, -0.15) is 0 Å². The number of benzene rings is 1. The summed E-state index contributed by atoms with van der Waals surface area (Å²) in [5, 5.41) is 11.8. The number of nitrogens with zero attached hydrogens (tertiary/aromatic N) is 3.